The molecular formula is C14H13ClN2OS. The van der Waals surface area contributed by atoms with Gasteiger partial charge >= 0.3 is 0 Å². The van der Waals surface area contributed by atoms with Crippen LogP contribution in [0.1, 0.15) is 27.2 Å². The monoisotopic (exact) mass is 292 g/mol. The summed E-state index contributed by atoms with van der Waals surface area (Å²) in [5.41, 5.74) is 1.98. The minimum atomic E-state index is 0.109. The summed E-state index contributed by atoms with van der Waals surface area (Å²) < 4.78 is 0.526. The molecule has 0 bridgehead atoms. The van der Waals surface area contributed by atoms with Crippen molar-refractivity contribution >= 4 is 28.8 Å². The molecule has 3 rings (SSSR count). The highest BCUT2D eigenvalue weighted by molar-refractivity contribution is 7.15. The molecule has 0 fully saturated rings. The fraction of sp³-hybridized carbons (Fsp3) is 0.286. The first-order valence-electron chi connectivity index (χ1n) is 6.21. The van der Waals surface area contributed by atoms with Gasteiger partial charge in [0.2, 0.25) is 0 Å². The number of nitrogens with zero attached hydrogens (tertiary/aromatic N) is 2. The van der Waals surface area contributed by atoms with E-state index >= 15 is 0 Å². The highest BCUT2D eigenvalue weighted by atomic mass is 35.5. The first-order valence-corrected chi connectivity index (χ1v) is 7.41. The van der Waals surface area contributed by atoms with Gasteiger partial charge in [-0.2, -0.15) is 0 Å². The van der Waals surface area contributed by atoms with Crippen LogP contribution in [0.3, 0.4) is 0 Å². The molecule has 0 spiro atoms. The summed E-state index contributed by atoms with van der Waals surface area (Å²) in [6, 6.07) is 7.87. The zero-order valence-corrected chi connectivity index (χ0v) is 11.9. The van der Waals surface area contributed by atoms with E-state index in [1.54, 1.807) is 6.20 Å². The van der Waals surface area contributed by atoms with Gasteiger partial charge < -0.3 is 4.90 Å². The van der Waals surface area contributed by atoms with Crippen LogP contribution >= 0.6 is 22.9 Å². The molecule has 0 saturated carbocycles. The number of amides is 1. The number of hydrogen-bond acceptors (Lipinski definition) is 3. The number of halogens is 1. The summed E-state index contributed by atoms with van der Waals surface area (Å²) in [6.07, 6.45) is 3.70. The van der Waals surface area contributed by atoms with Crippen LogP contribution in [0.2, 0.25) is 4.47 Å². The molecule has 1 aliphatic rings. The molecule has 0 radical (unpaired) electrons. The second-order valence-electron chi connectivity index (χ2n) is 4.57. The third kappa shape index (κ3) is 2.65. The van der Waals surface area contributed by atoms with Crippen LogP contribution in [0.4, 0.5) is 0 Å². The van der Waals surface area contributed by atoms with Crippen LogP contribution in [0.25, 0.3) is 0 Å². The summed E-state index contributed by atoms with van der Waals surface area (Å²) in [4.78, 5) is 19.5. The molecule has 2 heterocycles. The average molecular weight is 293 g/mol. The molecular weight excluding hydrogens is 280 g/mol. The Morgan fingerprint density at radius 1 is 1.37 bits per heavy atom. The lowest BCUT2D eigenvalue weighted by atomic mass is 10.0. The van der Waals surface area contributed by atoms with E-state index in [1.807, 2.05) is 29.2 Å². The van der Waals surface area contributed by atoms with Crippen LogP contribution in [-0.2, 0) is 13.0 Å². The Morgan fingerprint density at radius 3 is 3.00 bits per heavy atom. The van der Waals surface area contributed by atoms with Crippen molar-refractivity contribution in [3.63, 3.8) is 0 Å². The number of aromatic nitrogens is 1. The minimum absolute atomic E-state index is 0.109. The average Bonchev–Trinajstić information content (AvgIpc) is 2.75. The fourth-order valence-electron chi connectivity index (χ4n) is 2.37. The Hall–Kier alpha value is -1.39. The molecule has 1 aromatic carbocycles. The van der Waals surface area contributed by atoms with Gasteiger partial charge in [0.05, 0.1) is 6.54 Å². The van der Waals surface area contributed by atoms with Crippen LogP contribution < -0.4 is 0 Å². The Kier molecular flexibility index (Phi) is 3.53. The number of thiazole rings is 1. The molecule has 0 N–H and O–H groups in total. The third-order valence-corrected chi connectivity index (χ3v) is 4.38. The van der Waals surface area contributed by atoms with Crippen molar-refractivity contribution in [1.82, 2.24) is 9.88 Å². The smallest absolute Gasteiger partial charge is 0.254 e. The van der Waals surface area contributed by atoms with E-state index in [4.69, 9.17) is 11.6 Å². The maximum Gasteiger partial charge on any atom is 0.254 e. The van der Waals surface area contributed by atoms with E-state index in [2.05, 4.69) is 4.98 Å². The summed E-state index contributed by atoms with van der Waals surface area (Å²) in [6.45, 7) is 1.38. The van der Waals surface area contributed by atoms with Crippen molar-refractivity contribution in [3.05, 3.63) is 50.9 Å². The van der Waals surface area contributed by atoms with Crippen LogP contribution in [0.15, 0.2) is 30.5 Å². The number of rotatable bonds is 2. The molecule has 0 aliphatic carbocycles. The van der Waals surface area contributed by atoms with Gasteiger partial charge in [0, 0.05) is 23.2 Å². The molecule has 2 aromatic rings. The molecule has 3 nitrogen and oxygen atoms in total. The lowest BCUT2D eigenvalue weighted by Crippen LogP contribution is -2.30. The zero-order chi connectivity index (χ0) is 13.2. The predicted octanol–water partition coefficient (Wildman–Crippen LogP) is 3.39. The van der Waals surface area contributed by atoms with E-state index in [-0.39, 0.29) is 5.91 Å². The van der Waals surface area contributed by atoms with Crippen LogP contribution in [0.5, 0.6) is 0 Å². The maximum atomic E-state index is 12.5. The van der Waals surface area contributed by atoms with Crippen molar-refractivity contribution in [2.45, 2.75) is 19.4 Å². The SMILES string of the molecule is O=C1c2ccccc2CCCN1Cc1cnc(Cl)s1. The van der Waals surface area contributed by atoms with Gasteiger partial charge in [-0.3, -0.25) is 4.79 Å². The zero-order valence-electron chi connectivity index (χ0n) is 10.3. The minimum Gasteiger partial charge on any atom is -0.333 e. The predicted molar refractivity (Wildman–Crippen MR) is 76.6 cm³/mol. The van der Waals surface area contributed by atoms with Gasteiger partial charge in [0.15, 0.2) is 4.47 Å². The number of fused-ring (bicyclic) bond motifs is 1. The molecule has 0 atom stereocenters. The van der Waals surface area contributed by atoms with Crippen molar-refractivity contribution in [1.29, 1.82) is 0 Å². The van der Waals surface area contributed by atoms with Gasteiger partial charge in [-0.15, -0.1) is 11.3 Å². The summed E-state index contributed by atoms with van der Waals surface area (Å²) in [7, 11) is 0. The van der Waals surface area contributed by atoms with Crippen LogP contribution in [-0.4, -0.2) is 22.3 Å². The first kappa shape index (κ1) is 12.6. The Bertz CT molecular complexity index is 611. The topological polar surface area (TPSA) is 33.2 Å². The molecule has 1 aromatic heterocycles. The normalized spacial score (nSPS) is 15.2. The van der Waals surface area contributed by atoms with E-state index < -0.39 is 0 Å². The molecule has 1 amide bonds. The quantitative estimate of drug-likeness (QED) is 0.850. The Balaban J connectivity index is 1.85. The largest absolute Gasteiger partial charge is 0.333 e. The van der Waals surface area contributed by atoms with Crippen molar-refractivity contribution in [2.24, 2.45) is 0 Å². The fourth-order valence-corrected chi connectivity index (χ4v) is 3.37. The van der Waals surface area contributed by atoms with Crippen LogP contribution in [0, 0.1) is 0 Å². The molecule has 0 unspecified atom stereocenters. The summed E-state index contributed by atoms with van der Waals surface area (Å²) in [5.74, 6) is 0.109. The number of benzene rings is 1. The number of carbonyl (C=O) groups is 1. The van der Waals surface area contributed by atoms with E-state index in [0.29, 0.717) is 11.0 Å². The lowest BCUT2D eigenvalue weighted by molar-refractivity contribution is 0.0750. The molecule has 1 aliphatic heterocycles. The molecule has 19 heavy (non-hydrogen) atoms. The Labute approximate surface area is 120 Å². The van der Waals surface area contributed by atoms with Crippen molar-refractivity contribution in [3.8, 4) is 0 Å². The molecule has 0 saturated heterocycles. The van der Waals surface area contributed by atoms with E-state index in [0.717, 1.165) is 35.4 Å². The van der Waals surface area contributed by atoms with E-state index in [1.165, 1.54) is 11.3 Å². The number of hydrogen-bond donors (Lipinski definition) is 0. The van der Waals surface area contributed by atoms with Gasteiger partial charge in [-0.25, -0.2) is 4.98 Å². The molecule has 5 heteroatoms. The maximum absolute atomic E-state index is 12.5. The number of aryl methyl sites for hydroxylation is 1. The number of carbonyl (C=O) groups excluding carboxylic acids is 1. The second-order valence-corrected chi connectivity index (χ2v) is 6.26. The van der Waals surface area contributed by atoms with Crippen molar-refractivity contribution < 1.29 is 4.79 Å². The first-order chi connectivity index (χ1) is 9.24. The third-order valence-electron chi connectivity index (χ3n) is 3.28. The highest BCUT2D eigenvalue weighted by Gasteiger charge is 2.22. The standard InChI is InChI=1S/C14H13ClN2OS/c15-14-16-8-11(19-14)9-17-7-3-5-10-4-1-2-6-12(10)13(17)18/h1-2,4,6,8H,3,5,7,9H2. The summed E-state index contributed by atoms with van der Waals surface area (Å²) in [5, 5.41) is 0. The van der Waals surface area contributed by atoms with Gasteiger partial charge in [0.25, 0.3) is 5.91 Å². The van der Waals surface area contributed by atoms with E-state index in [9.17, 15) is 4.79 Å². The lowest BCUT2D eigenvalue weighted by Gasteiger charge is -2.19. The van der Waals surface area contributed by atoms with Crippen molar-refractivity contribution in [2.75, 3.05) is 6.54 Å². The molecule has 98 valence electrons. The summed E-state index contributed by atoms with van der Waals surface area (Å²) >= 11 is 7.26. The highest BCUT2D eigenvalue weighted by Crippen LogP contribution is 2.23. The van der Waals surface area contributed by atoms with Gasteiger partial charge in [-0.05, 0) is 24.5 Å². The van der Waals surface area contributed by atoms with Gasteiger partial charge in [-0.1, -0.05) is 29.8 Å². The van der Waals surface area contributed by atoms with Gasteiger partial charge in [0.1, 0.15) is 0 Å². The second kappa shape index (κ2) is 5.31. The Morgan fingerprint density at radius 2 is 2.21 bits per heavy atom.